The van der Waals surface area contributed by atoms with Crippen LogP contribution in [-0.2, 0) is 9.84 Å². The fourth-order valence-corrected chi connectivity index (χ4v) is 4.40. The summed E-state index contributed by atoms with van der Waals surface area (Å²) < 4.78 is 43.6. The van der Waals surface area contributed by atoms with Crippen LogP contribution in [0.25, 0.3) is 11.5 Å². The van der Waals surface area contributed by atoms with Crippen LogP contribution in [0.4, 0.5) is 5.88 Å². The lowest BCUT2D eigenvalue weighted by molar-refractivity contribution is 0.171. The summed E-state index contributed by atoms with van der Waals surface area (Å²) in [6.07, 6.45) is 1.95. The third-order valence-electron chi connectivity index (χ3n) is 4.89. The van der Waals surface area contributed by atoms with Crippen LogP contribution in [0.15, 0.2) is 56.8 Å². The monoisotopic (exact) mass is 412 g/mol. The first-order chi connectivity index (χ1) is 14.0. The van der Waals surface area contributed by atoms with Gasteiger partial charge < -0.3 is 19.2 Å². The maximum Gasteiger partial charge on any atom is 0.234 e. The summed E-state index contributed by atoms with van der Waals surface area (Å²) in [6, 6.07) is 12.4. The van der Waals surface area contributed by atoms with Crippen LogP contribution >= 0.6 is 0 Å². The maximum atomic E-state index is 13.4. The number of aryl methyl sites for hydroxylation is 1. The van der Waals surface area contributed by atoms with Crippen molar-refractivity contribution in [3.8, 4) is 23.0 Å². The number of oxazole rings is 1. The molecule has 5 rings (SSSR count). The Balaban J connectivity index is 1.58. The van der Waals surface area contributed by atoms with Gasteiger partial charge in [-0.2, -0.15) is 4.98 Å². The van der Waals surface area contributed by atoms with Crippen molar-refractivity contribution in [2.45, 2.75) is 35.7 Å². The van der Waals surface area contributed by atoms with Crippen molar-refractivity contribution in [2.75, 3.05) is 18.5 Å². The molecule has 0 amide bonds. The molecule has 1 aliphatic heterocycles. The van der Waals surface area contributed by atoms with Gasteiger partial charge in [0, 0.05) is 17.7 Å². The number of fused-ring (bicyclic) bond motifs is 1. The number of hydrogen-bond donors (Lipinski definition) is 1. The number of benzene rings is 2. The third kappa shape index (κ3) is 3.44. The van der Waals surface area contributed by atoms with Gasteiger partial charge >= 0.3 is 0 Å². The summed E-state index contributed by atoms with van der Waals surface area (Å²) >= 11 is 0. The zero-order chi connectivity index (χ0) is 20.0. The predicted molar refractivity (Wildman–Crippen MR) is 106 cm³/mol. The van der Waals surface area contributed by atoms with Gasteiger partial charge in [0.15, 0.2) is 11.5 Å². The van der Waals surface area contributed by atoms with Crippen LogP contribution in [-0.4, -0.2) is 32.7 Å². The summed E-state index contributed by atoms with van der Waals surface area (Å²) in [5.74, 6) is 1.39. The van der Waals surface area contributed by atoms with Crippen molar-refractivity contribution in [1.29, 1.82) is 0 Å². The van der Waals surface area contributed by atoms with Gasteiger partial charge in [0.2, 0.25) is 26.6 Å². The lowest BCUT2D eigenvalue weighted by atomic mass is 10.1. The van der Waals surface area contributed by atoms with Crippen molar-refractivity contribution in [2.24, 2.45) is 0 Å². The molecule has 1 N–H and O–H groups in total. The van der Waals surface area contributed by atoms with Gasteiger partial charge in [0.25, 0.3) is 0 Å². The average molecular weight is 412 g/mol. The molecule has 3 aromatic rings. The highest BCUT2D eigenvalue weighted by Crippen LogP contribution is 2.38. The molecule has 0 saturated heterocycles. The second kappa shape index (κ2) is 6.81. The second-order valence-corrected chi connectivity index (χ2v) is 9.11. The van der Waals surface area contributed by atoms with Gasteiger partial charge in [0.05, 0.1) is 4.90 Å². The Bertz CT molecular complexity index is 1160. The van der Waals surface area contributed by atoms with Gasteiger partial charge in [-0.15, -0.1) is 0 Å². The molecule has 7 nitrogen and oxygen atoms in total. The number of hydrogen-bond acceptors (Lipinski definition) is 7. The standard InChI is InChI=1S/C21H20N2O5S/c1-13-2-4-14(5-3-13)19-23-21(20(28-19)22-15-6-7-15)29(24,25)16-8-9-17-18(12-16)27-11-10-26-17/h2-5,8-9,12,15,22H,6-7,10-11H2,1H3. The number of ether oxygens (including phenoxy) is 2. The SMILES string of the molecule is Cc1ccc(-c2nc(S(=O)(=O)c3ccc4c(c3)OCCO4)c(NC3CC3)o2)cc1. The van der Waals surface area contributed by atoms with Crippen molar-refractivity contribution < 1.29 is 22.3 Å². The summed E-state index contributed by atoms with van der Waals surface area (Å²) in [6.45, 7) is 2.81. The third-order valence-corrected chi connectivity index (χ3v) is 6.55. The summed E-state index contributed by atoms with van der Waals surface area (Å²) in [5.41, 5.74) is 1.82. The number of nitrogens with zero attached hydrogens (tertiary/aromatic N) is 1. The van der Waals surface area contributed by atoms with Crippen molar-refractivity contribution in [1.82, 2.24) is 4.98 Å². The second-order valence-electron chi connectivity index (χ2n) is 7.25. The van der Waals surface area contributed by atoms with E-state index in [2.05, 4.69) is 10.3 Å². The van der Waals surface area contributed by atoms with Crippen LogP contribution in [0.3, 0.4) is 0 Å². The van der Waals surface area contributed by atoms with E-state index in [1.807, 2.05) is 31.2 Å². The molecule has 0 unspecified atom stereocenters. The highest BCUT2D eigenvalue weighted by atomic mass is 32.2. The zero-order valence-corrected chi connectivity index (χ0v) is 16.7. The first-order valence-corrected chi connectivity index (χ1v) is 11.0. The highest BCUT2D eigenvalue weighted by molar-refractivity contribution is 7.91. The number of aromatic nitrogens is 1. The van der Waals surface area contributed by atoms with Gasteiger partial charge in [-0.25, -0.2) is 8.42 Å². The molecule has 1 aliphatic carbocycles. The summed E-state index contributed by atoms with van der Waals surface area (Å²) in [5, 5.41) is 3.05. The minimum atomic E-state index is -3.92. The molecule has 1 fully saturated rings. The van der Waals surface area contributed by atoms with E-state index in [4.69, 9.17) is 13.9 Å². The van der Waals surface area contributed by atoms with E-state index in [0.29, 0.717) is 24.7 Å². The number of sulfone groups is 1. The summed E-state index contributed by atoms with van der Waals surface area (Å²) in [4.78, 5) is 4.45. The van der Waals surface area contributed by atoms with Crippen LogP contribution < -0.4 is 14.8 Å². The average Bonchev–Trinajstić information content (AvgIpc) is 3.44. The van der Waals surface area contributed by atoms with Crippen molar-refractivity contribution in [3.63, 3.8) is 0 Å². The minimum absolute atomic E-state index is 0.0874. The van der Waals surface area contributed by atoms with E-state index in [1.165, 1.54) is 12.1 Å². The zero-order valence-electron chi connectivity index (χ0n) is 15.8. The van der Waals surface area contributed by atoms with E-state index < -0.39 is 9.84 Å². The molecule has 1 saturated carbocycles. The first-order valence-electron chi connectivity index (χ1n) is 9.50. The highest BCUT2D eigenvalue weighted by Gasteiger charge is 2.33. The molecule has 8 heteroatoms. The summed E-state index contributed by atoms with van der Waals surface area (Å²) in [7, 11) is -3.92. The number of rotatable bonds is 5. The molecular weight excluding hydrogens is 392 g/mol. The van der Waals surface area contributed by atoms with Crippen LogP contribution in [0, 0.1) is 6.92 Å². The van der Waals surface area contributed by atoms with E-state index in [-0.39, 0.29) is 27.7 Å². The van der Waals surface area contributed by atoms with Crippen molar-refractivity contribution >= 4 is 15.7 Å². The number of anilines is 1. The molecule has 0 bridgehead atoms. The Hall–Kier alpha value is -3.00. The fourth-order valence-electron chi connectivity index (χ4n) is 3.11. The molecule has 1 aromatic heterocycles. The van der Waals surface area contributed by atoms with Gasteiger partial charge in [-0.05, 0) is 44.0 Å². The molecule has 0 radical (unpaired) electrons. The van der Waals surface area contributed by atoms with E-state index in [0.717, 1.165) is 24.0 Å². The molecule has 2 heterocycles. The maximum absolute atomic E-state index is 13.4. The Morgan fingerprint density at radius 2 is 1.72 bits per heavy atom. The Kier molecular flexibility index (Phi) is 4.24. The normalized spacial score (nSPS) is 15.9. The first kappa shape index (κ1) is 18.1. The topological polar surface area (TPSA) is 90.7 Å². The molecular formula is C21H20N2O5S. The van der Waals surface area contributed by atoms with E-state index in [1.54, 1.807) is 6.07 Å². The van der Waals surface area contributed by atoms with Crippen molar-refractivity contribution in [3.05, 3.63) is 48.0 Å². The van der Waals surface area contributed by atoms with Crippen LogP contribution in [0.2, 0.25) is 0 Å². The molecule has 2 aliphatic rings. The van der Waals surface area contributed by atoms with Crippen LogP contribution in [0.1, 0.15) is 18.4 Å². The molecule has 2 aromatic carbocycles. The lowest BCUT2D eigenvalue weighted by Gasteiger charge is -2.18. The van der Waals surface area contributed by atoms with Gasteiger partial charge in [0.1, 0.15) is 13.2 Å². The smallest absolute Gasteiger partial charge is 0.234 e. The largest absolute Gasteiger partial charge is 0.486 e. The Morgan fingerprint density at radius 1 is 1.00 bits per heavy atom. The lowest BCUT2D eigenvalue weighted by Crippen LogP contribution is -2.16. The van der Waals surface area contributed by atoms with E-state index >= 15 is 0 Å². The minimum Gasteiger partial charge on any atom is -0.486 e. The Labute approximate surface area is 168 Å². The van der Waals surface area contributed by atoms with Gasteiger partial charge in [-0.3, -0.25) is 0 Å². The number of nitrogens with one attached hydrogen (secondary N) is 1. The Morgan fingerprint density at radius 3 is 2.45 bits per heavy atom. The molecule has 150 valence electrons. The van der Waals surface area contributed by atoms with E-state index in [9.17, 15) is 8.42 Å². The molecule has 0 spiro atoms. The quantitative estimate of drug-likeness (QED) is 0.681. The van der Waals surface area contributed by atoms with Gasteiger partial charge in [-0.1, -0.05) is 17.7 Å². The fraction of sp³-hybridized carbons (Fsp3) is 0.286. The molecule has 29 heavy (non-hydrogen) atoms. The predicted octanol–water partition coefficient (Wildman–Crippen LogP) is 3.83. The molecule has 0 atom stereocenters. The van der Waals surface area contributed by atoms with Crippen LogP contribution in [0.5, 0.6) is 11.5 Å².